The number of hydrogen-bond acceptors (Lipinski definition) is 5. The van der Waals surface area contributed by atoms with Crippen molar-refractivity contribution in [1.29, 1.82) is 0 Å². The number of halogens is 1. The number of carbonyl (C=O) groups is 1. The number of nitrogen functional groups attached to an aromatic ring is 1. The zero-order valence-corrected chi connectivity index (χ0v) is 15.0. The van der Waals surface area contributed by atoms with Crippen molar-refractivity contribution in [2.75, 3.05) is 18.8 Å². The first-order valence-electron chi connectivity index (χ1n) is 6.53. The SMILES string of the molecule is CC(C)(C)OC(=O)NCCNS(=O)(=O)c1ccc(Br)c(N)c1. The average molecular weight is 394 g/mol. The summed E-state index contributed by atoms with van der Waals surface area (Å²) in [6.07, 6.45) is -0.598. The molecule has 0 aliphatic heterocycles. The number of sulfonamides is 1. The Morgan fingerprint density at radius 1 is 1.32 bits per heavy atom. The van der Waals surface area contributed by atoms with Crippen LogP contribution in [-0.2, 0) is 14.8 Å². The van der Waals surface area contributed by atoms with E-state index in [2.05, 4.69) is 26.0 Å². The van der Waals surface area contributed by atoms with E-state index in [1.165, 1.54) is 12.1 Å². The van der Waals surface area contributed by atoms with E-state index in [4.69, 9.17) is 10.5 Å². The molecule has 0 aliphatic carbocycles. The van der Waals surface area contributed by atoms with Gasteiger partial charge in [-0.05, 0) is 54.9 Å². The van der Waals surface area contributed by atoms with Gasteiger partial charge in [0.2, 0.25) is 10.0 Å². The van der Waals surface area contributed by atoms with Crippen molar-refractivity contribution in [1.82, 2.24) is 10.0 Å². The van der Waals surface area contributed by atoms with Gasteiger partial charge in [-0.15, -0.1) is 0 Å². The fourth-order valence-corrected chi connectivity index (χ4v) is 2.75. The molecular weight excluding hydrogens is 374 g/mol. The Balaban J connectivity index is 2.50. The second kappa shape index (κ2) is 7.30. The summed E-state index contributed by atoms with van der Waals surface area (Å²) in [5, 5.41) is 2.46. The van der Waals surface area contributed by atoms with Crippen molar-refractivity contribution in [3.05, 3.63) is 22.7 Å². The summed E-state index contributed by atoms with van der Waals surface area (Å²) >= 11 is 3.20. The quantitative estimate of drug-likeness (QED) is 0.521. The van der Waals surface area contributed by atoms with Gasteiger partial charge < -0.3 is 15.8 Å². The number of rotatable bonds is 5. The van der Waals surface area contributed by atoms with Crippen molar-refractivity contribution < 1.29 is 17.9 Å². The second-order valence-corrected chi connectivity index (χ2v) is 8.13. The Kier molecular flexibility index (Phi) is 6.21. The van der Waals surface area contributed by atoms with Crippen LogP contribution in [0.5, 0.6) is 0 Å². The summed E-state index contributed by atoms with van der Waals surface area (Å²) in [5.41, 5.74) is 5.39. The molecule has 0 bridgehead atoms. The summed E-state index contributed by atoms with van der Waals surface area (Å²) < 4.78 is 32.1. The molecule has 0 fully saturated rings. The smallest absolute Gasteiger partial charge is 0.407 e. The van der Waals surface area contributed by atoms with Gasteiger partial charge in [0.25, 0.3) is 0 Å². The largest absolute Gasteiger partial charge is 0.444 e. The molecule has 7 nitrogen and oxygen atoms in total. The number of anilines is 1. The van der Waals surface area contributed by atoms with Gasteiger partial charge >= 0.3 is 6.09 Å². The molecule has 0 atom stereocenters. The van der Waals surface area contributed by atoms with Crippen LogP contribution in [0.25, 0.3) is 0 Å². The minimum Gasteiger partial charge on any atom is -0.444 e. The molecule has 22 heavy (non-hydrogen) atoms. The normalized spacial score (nSPS) is 12.0. The molecule has 1 rings (SSSR count). The van der Waals surface area contributed by atoms with Gasteiger partial charge in [-0.3, -0.25) is 0 Å². The molecule has 0 aliphatic rings. The molecule has 0 saturated carbocycles. The minimum absolute atomic E-state index is 0.0392. The maximum Gasteiger partial charge on any atom is 0.407 e. The topological polar surface area (TPSA) is 111 Å². The Labute approximate surface area is 138 Å². The lowest BCUT2D eigenvalue weighted by Crippen LogP contribution is -2.37. The van der Waals surface area contributed by atoms with Crippen molar-refractivity contribution in [2.24, 2.45) is 0 Å². The highest BCUT2D eigenvalue weighted by Gasteiger charge is 2.17. The van der Waals surface area contributed by atoms with Crippen molar-refractivity contribution in [3.63, 3.8) is 0 Å². The summed E-state index contributed by atoms with van der Waals surface area (Å²) in [7, 11) is -3.68. The van der Waals surface area contributed by atoms with Crippen LogP contribution in [-0.4, -0.2) is 33.2 Å². The number of hydrogen-bond donors (Lipinski definition) is 3. The molecule has 0 radical (unpaired) electrons. The molecule has 0 unspecified atom stereocenters. The Bertz CT molecular complexity index is 641. The fraction of sp³-hybridized carbons (Fsp3) is 0.462. The standard InChI is InChI=1S/C13H20BrN3O4S/c1-13(2,3)21-12(18)16-6-7-17-22(19,20)9-4-5-10(14)11(15)8-9/h4-5,8,17H,6-7,15H2,1-3H3,(H,16,18). The number of carbonyl (C=O) groups excluding carboxylic acids is 1. The van der Waals surface area contributed by atoms with Crippen LogP contribution in [0.2, 0.25) is 0 Å². The van der Waals surface area contributed by atoms with Crippen molar-refractivity contribution in [2.45, 2.75) is 31.3 Å². The third-order valence-corrected chi connectivity index (χ3v) is 4.54. The maximum atomic E-state index is 12.0. The van der Waals surface area contributed by atoms with Gasteiger partial charge in [0.15, 0.2) is 0 Å². The molecule has 0 spiro atoms. The lowest BCUT2D eigenvalue weighted by Gasteiger charge is -2.19. The van der Waals surface area contributed by atoms with Crippen LogP contribution in [0, 0.1) is 0 Å². The highest BCUT2D eigenvalue weighted by molar-refractivity contribution is 9.10. The highest BCUT2D eigenvalue weighted by Crippen LogP contribution is 2.22. The van der Waals surface area contributed by atoms with E-state index >= 15 is 0 Å². The Morgan fingerprint density at radius 3 is 2.50 bits per heavy atom. The van der Waals surface area contributed by atoms with E-state index in [0.717, 1.165) is 0 Å². The Morgan fingerprint density at radius 2 is 1.95 bits per heavy atom. The molecule has 0 heterocycles. The van der Waals surface area contributed by atoms with Crippen LogP contribution in [0.15, 0.2) is 27.6 Å². The number of nitrogens with two attached hydrogens (primary N) is 1. The lowest BCUT2D eigenvalue weighted by molar-refractivity contribution is 0.0529. The molecule has 1 amide bonds. The van der Waals surface area contributed by atoms with Crippen molar-refractivity contribution >= 4 is 37.7 Å². The van der Waals surface area contributed by atoms with Crippen LogP contribution < -0.4 is 15.8 Å². The zero-order chi connectivity index (χ0) is 17.0. The summed E-state index contributed by atoms with van der Waals surface area (Å²) in [4.78, 5) is 11.5. The lowest BCUT2D eigenvalue weighted by atomic mass is 10.2. The number of alkyl carbamates (subject to hydrolysis) is 1. The predicted octanol–water partition coefficient (Wildman–Crippen LogP) is 1.83. The maximum absolute atomic E-state index is 12.0. The third kappa shape index (κ3) is 6.20. The molecular formula is C13H20BrN3O4S. The third-order valence-electron chi connectivity index (χ3n) is 2.36. The van der Waals surface area contributed by atoms with E-state index in [-0.39, 0.29) is 18.0 Å². The highest BCUT2D eigenvalue weighted by atomic mass is 79.9. The molecule has 0 saturated heterocycles. The molecule has 0 aromatic heterocycles. The molecule has 124 valence electrons. The summed E-state index contributed by atoms with van der Waals surface area (Å²) in [6.45, 7) is 5.38. The first-order chi connectivity index (χ1) is 10.0. The number of amides is 1. The van der Waals surface area contributed by atoms with E-state index in [1.54, 1.807) is 26.8 Å². The minimum atomic E-state index is -3.68. The molecule has 1 aromatic rings. The second-order valence-electron chi connectivity index (χ2n) is 5.51. The zero-order valence-electron chi connectivity index (χ0n) is 12.6. The summed E-state index contributed by atoms with van der Waals surface area (Å²) in [6, 6.07) is 4.35. The van der Waals surface area contributed by atoms with Gasteiger partial charge in [0, 0.05) is 23.2 Å². The van der Waals surface area contributed by atoms with Gasteiger partial charge in [-0.25, -0.2) is 17.9 Å². The fourth-order valence-electron chi connectivity index (χ4n) is 1.44. The van der Waals surface area contributed by atoms with Gasteiger partial charge in [-0.1, -0.05) is 0 Å². The predicted molar refractivity (Wildman–Crippen MR) is 88.0 cm³/mol. The van der Waals surface area contributed by atoms with Gasteiger partial charge in [0.1, 0.15) is 5.60 Å². The number of ether oxygens (including phenoxy) is 1. The van der Waals surface area contributed by atoms with Gasteiger partial charge in [0.05, 0.1) is 4.90 Å². The first-order valence-corrected chi connectivity index (χ1v) is 8.80. The summed E-state index contributed by atoms with van der Waals surface area (Å²) in [5.74, 6) is 0. The molecule has 9 heteroatoms. The van der Waals surface area contributed by atoms with Crippen LogP contribution in [0.3, 0.4) is 0 Å². The van der Waals surface area contributed by atoms with Gasteiger partial charge in [-0.2, -0.15) is 0 Å². The van der Waals surface area contributed by atoms with E-state index in [1.807, 2.05) is 0 Å². The van der Waals surface area contributed by atoms with Crippen molar-refractivity contribution in [3.8, 4) is 0 Å². The van der Waals surface area contributed by atoms with Crippen LogP contribution >= 0.6 is 15.9 Å². The average Bonchev–Trinajstić information content (AvgIpc) is 2.36. The van der Waals surface area contributed by atoms with E-state index < -0.39 is 21.7 Å². The molecule has 4 N–H and O–H groups in total. The number of benzene rings is 1. The Hall–Kier alpha value is -1.32. The monoisotopic (exact) mass is 393 g/mol. The van der Waals surface area contributed by atoms with Crippen LogP contribution in [0.1, 0.15) is 20.8 Å². The molecule has 1 aromatic carbocycles. The van der Waals surface area contributed by atoms with E-state index in [0.29, 0.717) is 10.2 Å². The number of nitrogens with one attached hydrogen (secondary N) is 2. The van der Waals surface area contributed by atoms with Crippen LogP contribution in [0.4, 0.5) is 10.5 Å². The first kappa shape index (κ1) is 18.7. The van der Waals surface area contributed by atoms with E-state index in [9.17, 15) is 13.2 Å².